The molecule has 0 spiro atoms. The van der Waals surface area contributed by atoms with E-state index in [9.17, 15) is 14.9 Å². The van der Waals surface area contributed by atoms with Gasteiger partial charge in [-0.3, -0.25) is 14.9 Å². The van der Waals surface area contributed by atoms with Crippen molar-refractivity contribution < 1.29 is 14.5 Å². The molecule has 132 valence electrons. The smallest absolute Gasteiger partial charge is 0.284 e. The summed E-state index contributed by atoms with van der Waals surface area (Å²) in [6.07, 6.45) is 1.90. The topological polar surface area (TPSA) is 125 Å². The van der Waals surface area contributed by atoms with Crippen LogP contribution < -0.4 is 5.32 Å². The summed E-state index contributed by atoms with van der Waals surface area (Å²) in [4.78, 5) is 23.4. The maximum atomic E-state index is 12.2. The highest BCUT2D eigenvalue weighted by atomic mass is 32.2. The minimum absolute atomic E-state index is 0.0113. The first-order valence-corrected chi connectivity index (χ1v) is 8.44. The van der Waals surface area contributed by atoms with Gasteiger partial charge in [-0.1, -0.05) is 0 Å². The van der Waals surface area contributed by atoms with Crippen molar-refractivity contribution in [3.8, 4) is 0 Å². The van der Waals surface area contributed by atoms with Gasteiger partial charge >= 0.3 is 0 Å². The van der Waals surface area contributed by atoms with Gasteiger partial charge in [-0.2, -0.15) is 0 Å². The molecule has 2 aromatic rings. The largest absolute Gasteiger partial charge is 0.376 e. The van der Waals surface area contributed by atoms with E-state index in [1.165, 1.54) is 16.8 Å². The predicted octanol–water partition coefficient (Wildman–Crippen LogP) is 1.18. The predicted molar refractivity (Wildman–Crippen MR) is 87.3 cm³/mol. The summed E-state index contributed by atoms with van der Waals surface area (Å²) in [5, 5.41) is 25.5. The minimum atomic E-state index is -0.525. The Labute approximate surface area is 147 Å². The van der Waals surface area contributed by atoms with Crippen molar-refractivity contribution in [1.29, 1.82) is 0 Å². The van der Waals surface area contributed by atoms with E-state index in [4.69, 9.17) is 4.74 Å². The highest BCUT2D eigenvalue weighted by Gasteiger charge is 2.21. The van der Waals surface area contributed by atoms with Crippen LogP contribution in [0.15, 0.2) is 28.3 Å². The second-order valence-corrected chi connectivity index (χ2v) is 6.48. The number of nitro benzene ring substituents is 1. The highest BCUT2D eigenvalue weighted by Crippen LogP contribution is 2.33. The van der Waals surface area contributed by atoms with Gasteiger partial charge in [0.25, 0.3) is 11.6 Å². The summed E-state index contributed by atoms with van der Waals surface area (Å²) in [6, 6.07) is 4.33. The molecule has 1 N–H and O–H groups in total. The number of rotatable bonds is 6. The van der Waals surface area contributed by atoms with E-state index in [0.717, 1.165) is 24.6 Å². The molecule has 1 aliphatic rings. The molecule has 11 heteroatoms. The van der Waals surface area contributed by atoms with Crippen LogP contribution in [0, 0.1) is 10.1 Å². The lowest BCUT2D eigenvalue weighted by molar-refractivity contribution is -0.387. The van der Waals surface area contributed by atoms with Crippen molar-refractivity contribution in [3.63, 3.8) is 0 Å². The number of carbonyl (C=O) groups excluding carboxylic acids is 1. The first-order valence-electron chi connectivity index (χ1n) is 7.63. The van der Waals surface area contributed by atoms with Crippen molar-refractivity contribution >= 4 is 23.4 Å². The zero-order valence-corrected chi connectivity index (χ0v) is 14.2. The van der Waals surface area contributed by atoms with Crippen molar-refractivity contribution in [2.24, 2.45) is 7.05 Å². The molecule has 2 heterocycles. The minimum Gasteiger partial charge on any atom is -0.376 e. The van der Waals surface area contributed by atoms with Crippen LogP contribution in [0.4, 0.5) is 5.69 Å². The first kappa shape index (κ1) is 17.3. The number of benzene rings is 1. The molecule has 3 rings (SSSR count). The Morgan fingerprint density at radius 3 is 3.04 bits per heavy atom. The molecular weight excluding hydrogens is 348 g/mol. The summed E-state index contributed by atoms with van der Waals surface area (Å²) in [5.41, 5.74) is 0.0582. The van der Waals surface area contributed by atoms with Gasteiger partial charge in [0.2, 0.25) is 5.16 Å². The van der Waals surface area contributed by atoms with E-state index in [2.05, 4.69) is 20.8 Å². The quantitative estimate of drug-likeness (QED) is 0.598. The van der Waals surface area contributed by atoms with Gasteiger partial charge in [0.15, 0.2) is 0 Å². The normalized spacial score (nSPS) is 16.8. The number of tetrazole rings is 1. The van der Waals surface area contributed by atoms with Crippen LogP contribution in [0.25, 0.3) is 0 Å². The van der Waals surface area contributed by atoms with Gasteiger partial charge in [0.1, 0.15) is 0 Å². The number of nitrogens with one attached hydrogen (secondary N) is 1. The third-order valence-electron chi connectivity index (χ3n) is 3.71. The number of nitro groups is 1. The summed E-state index contributed by atoms with van der Waals surface area (Å²) in [5.74, 6) is -0.365. The maximum Gasteiger partial charge on any atom is 0.284 e. The molecule has 0 aliphatic carbocycles. The average molecular weight is 364 g/mol. The van der Waals surface area contributed by atoms with E-state index in [0.29, 0.717) is 23.2 Å². The summed E-state index contributed by atoms with van der Waals surface area (Å²) in [6.45, 7) is 1.10. The van der Waals surface area contributed by atoms with Crippen LogP contribution in [0.1, 0.15) is 23.2 Å². The van der Waals surface area contributed by atoms with Gasteiger partial charge in [-0.15, -0.1) is 5.10 Å². The zero-order valence-electron chi connectivity index (χ0n) is 13.4. The third kappa shape index (κ3) is 4.12. The fourth-order valence-electron chi connectivity index (χ4n) is 2.41. The number of ether oxygens (including phenoxy) is 1. The SMILES string of the molecule is Cn1nnnc1Sc1ccc(C(=O)NCC2CCCO2)cc1[N+](=O)[O-]. The Morgan fingerprint density at radius 1 is 1.56 bits per heavy atom. The fourth-order valence-corrected chi connectivity index (χ4v) is 3.22. The average Bonchev–Trinajstić information content (AvgIpc) is 3.25. The van der Waals surface area contributed by atoms with Gasteiger partial charge in [0, 0.05) is 31.8 Å². The summed E-state index contributed by atoms with van der Waals surface area (Å²) >= 11 is 1.06. The molecule has 1 saturated heterocycles. The van der Waals surface area contributed by atoms with E-state index in [-0.39, 0.29) is 23.3 Å². The molecule has 1 amide bonds. The van der Waals surface area contributed by atoms with Crippen molar-refractivity contribution in [2.45, 2.75) is 29.0 Å². The number of aryl methyl sites for hydroxylation is 1. The molecule has 1 aromatic carbocycles. The summed E-state index contributed by atoms with van der Waals surface area (Å²) in [7, 11) is 1.64. The zero-order chi connectivity index (χ0) is 17.8. The van der Waals surface area contributed by atoms with Crippen LogP contribution in [-0.4, -0.2) is 50.3 Å². The molecule has 1 aromatic heterocycles. The number of nitrogens with zero attached hydrogens (tertiary/aromatic N) is 5. The second-order valence-electron chi connectivity index (χ2n) is 5.47. The molecule has 25 heavy (non-hydrogen) atoms. The van der Waals surface area contributed by atoms with Crippen molar-refractivity contribution in [1.82, 2.24) is 25.5 Å². The molecule has 10 nitrogen and oxygen atoms in total. The molecule has 1 fully saturated rings. The number of amides is 1. The van der Waals surface area contributed by atoms with E-state index < -0.39 is 4.92 Å². The van der Waals surface area contributed by atoms with Crippen molar-refractivity contribution in [2.75, 3.05) is 13.2 Å². The molecule has 1 atom stereocenters. The van der Waals surface area contributed by atoms with Crippen LogP contribution in [0.5, 0.6) is 0 Å². The Bertz CT molecular complexity index is 789. The highest BCUT2D eigenvalue weighted by molar-refractivity contribution is 7.99. The molecule has 0 radical (unpaired) electrons. The Hall–Kier alpha value is -2.53. The van der Waals surface area contributed by atoms with Gasteiger partial charge in [-0.25, -0.2) is 4.68 Å². The Morgan fingerprint density at radius 2 is 2.40 bits per heavy atom. The maximum absolute atomic E-state index is 12.2. The lowest BCUT2D eigenvalue weighted by Gasteiger charge is -2.11. The van der Waals surface area contributed by atoms with Crippen LogP contribution in [-0.2, 0) is 11.8 Å². The fraction of sp³-hybridized carbons (Fsp3) is 0.429. The van der Waals surface area contributed by atoms with Gasteiger partial charge in [-0.05, 0) is 47.2 Å². The third-order valence-corrected chi connectivity index (χ3v) is 4.81. The first-order chi connectivity index (χ1) is 12.0. The molecule has 0 saturated carbocycles. The van der Waals surface area contributed by atoms with Gasteiger partial charge < -0.3 is 10.1 Å². The van der Waals surface area contributed by atoms with Crippen molar-refractivity contribution in [3.05, 3.63) is 33.9 Å². The molecule has 1 aliphatic heterocycles. The van der Waals surface area contributed by atoms with E-state index >= 15 is 0 Å². The standard InChI is InChI=1S/C14H16N6O4S/c1-19-14(16-17-18-19)25-12-5-4-9(7-11(12)20(22)23)13(21)15-8-10-3-2-6-24-10/h4-5,7,10H,2-3,6,8H2,1H3,(H,15,21). The lowest BCUT2D eigenvalue weighted by Crippen LogP contribution is -2.31. The molecular formula is C14H16N6O4S. The van der Waals surface area contributed by atoms with E-state index in [1.54, 1.807) is 13.1 Å². The second kappa shape index (κ2) is 7.57. The number of hydrogen-bond donors (Lipinski definition) is 1. The summed E-state index contributed by atoms with van der Waals surface area (Å²) < 4.78 is 6.86. The number of hydrogen-bond acceptors (Lipinski definition) is 8. The Balaban J connectivity index is 1.75. The van der Waals surface area contributed by atoms with Gasteiger partial charge in [0.05, 0.1) is 15.9 Å². The van der Waals surface area contributed by atoms with Crippen LogP contribution in [0.2, 0.25) is 0 Å². The number of carbonyl (C=O) groups is 1. The van der Waals surface area contributed by atoms with E-state index in [1.807, 2.05) is 0 Å². The van der Waals surface area contributed by atoms with Crippen LogP contribution in [0.3, 0.4) is 0 Å². The molecule has 1 unspecified atom stereocenters. The number of aromatic nitrogens is 4. The van der Waals surface area contributed by atoms with Crippen LogP contribution >= 0.6 is 11.8 Å². The Kier molecular flexibility index (Phi) is 5.24. The lowest BCUT2D eigenvalue weighted by atomic mass is 10.2. The molecule has 0 bridgehead atoms. The monoisotopic (exact) mass is 364 g/mol.